The molecule has 0 radical (unpaired) electrons. The summed E-state index contributed by atoms with van der Waals surface area (Å²) in [4.78, 5) is 14.9. The normalized spacial score (nSPS) is 19.6. The summed E-state index contributed by atoms with van der Waals surface area (Å²) in [6, 6.07) is 8.46. The first-order valence-electron chi connectivity index (χ1n) is 6.42. The maximum atomic E-state index is 11.9. The first kappa shape index (κ1) is 13.4. The van der Waals surface area contributed by atoms with Crippen LogP contribution in [0.25, 0.3) is 0 Å². The Bertz CT molecular complexity index is 422. The molecule has 0 saturated carbocycles. The van der Waals surface area contributed by atoms with Crippen LogP contribution in [-0.2, 0) is 11.3 Å². The van der Waals surface area contributed by atoms with Gasteiger partial charge in [0.05, 0.1) is 5.25 Å². The molecule has 4 heteroatoms. The molecule has 0 aliphatic carbocycles. The molecular weight excluding hydrogens is 244 g/mol. The molecule has 1 aromatic carbocycles. The van der Waals surface area contributed by atoms with Crippen molar-refractivity contribution < 1.29 is 4.79 Å². The van der Waals surface area contributed by atoms with E-state index in [1.165, 1.54) is 10.5 Å². The van der Waals surface area contributed by atoms with Gasteiger partial charge in [-0.25, -0.2) is 0 Å². The number of amides is 1. The van der Waals surface area contributed by atoms with E-state index < -0.39 is 0 Å². The highest BCUT2D eigenvalue weighted by Gasteiger charge is 2.29. The molecule has 1 aliphatic rings. The van der Waals surface area contributed by atoms with Crippen LogP contribution in [0.1, 0.15) is 18.9 Å². The standard InChI is InChI=1S/C14H20N2OS/c1-3-15-10-11-5-4-6-12(9-11)18-13-7-8-16(2)14(13)17/h4-6,9,13,15H,3,7-8,10H2,1-2H3. The second kappa shape index (κ2) is 6.25. The lowest BCUT2D eigenvalue weighted by atomic mass is 10.2. The highest BCUT2D eigenvalue weighted by molar-refractivity contribution is 8.00. The average molecular weight is 264 g/mol. The topological polar surface area (TPSA) is 32.3 Å². The summed E-state index contributed by atoms with van der Waals surface area (Å²) in [5.74, 6) is 0.261. The van der Waals surface area contributed by atoms with E-state index in [9.17, 15) is 4.79 Å². The number of nitrogens with zero attached hydrogens (tertiary/aromatic N) is 1. The maximum absolute atomic E-state index is 11.9. The summed E-state index contributed by atoms with van der Waals surface area (Å²) in [7, 11) is 1.88. The predicted molar refractivity (Wildman–Crippen MR) is 75.7 cm³/mol. The molecule has 0 aromatic heterocycles. The smallest absolute Gasteiger partial charge is 0.235 e. The first-order chi connectivity index (χ1) is 8.70. The molecule has 1 unspecified atom stereocenters. The Kier molecular flexibility index (Phi) is 4.66. The maximum Gasteiger partial charge on any atom is 0.235 e. The van der Waals surface area contributed by atoms with Crippen LogP contribution >= 0.6 is 11.8 Å². The zero-order valence-electron chi connectivity index (χ0n) is 11.0. The van der Waals surface area contributed by atoms with Crippen molar-refractivity contribution in [1.82, 2.24) is 10.2 Å². The van der Waals surface area contributed by atoms with Crippen molar-refractivity contribution in [1.29, 1.82) is 0 Å². The molecular formula is C14H20N2OS. The van der Waals surface area contributed by atoms with Crippen LogP contribution in [0.5, 0.6) is 0 Å². The molecule has 18 heavy (non-hydrogen) atoms. The summed E-state index contributed by atoms with van der Waals surface area (Å²) in [6.45, 7) is 4.85. The number of hydrogen-bond donors (Lipinski definition) is 1. The molecule has 1 aromatic rings. The van der Waals surface area contributed by atoms with Crippen LogP contribution in [0.2, 0.25) is 0 Å². The Labute approximate surface area is 113 Å². The number of rotatable bonds is 5. The van der Waals surface area contributed by atoms with Crippen molar-refractivity contribution in [3.05, 3.63) is 29.8 Å². The van der Waals surface area contributed by atoms with E-state index in [-0.39, 0.29) is 11.2 Å². The fourth-order valence-electron chi connectivity index (χ4n) is 2.06. The highest BCUT2D eigenvalue weighted by atomic mass is 32.2. The first-order valence-corrected chi connectivity index (χ1v) is 7.30. The van der Waals surface area contributed by atoms with Gasteiger partial charge >= 0.3 is 0 Å². The third kappa shape index (κ3) is 3.27. The summed E-state index contributed by atoms with van der Waals surface area (Å²) in [5, 5.41) is 3.42. The molecule has 3 nitrogen and oxygen atoms in total. The Morgan fingerprint density at radius 1 is 1.50 bits per heavy atom. The number of carbonyl (C=O) groups is 1. The third-order valence-corrected chi connectivity index (χ3v) is 4.38. The van der Waals surface area contributed by atoms with E-state index >= 15 is 0 Å². The molecule has 98 valence electrons. The van der Waals surface area contributed by atoms with Crippen LogP contribution in [0.15, 0.2) is 29.2 Å². The van der Waals surface area contributed by atoms with Crippen molar-refractivity contribution in [3.63, 3.8) is 0 Å². The van der Waals surface area contributed by atoms with Crippen molar-refractivity contribution in [2.45, 2.75) is 30.0 Å². The fraction of sp³-hybridized carbons (Fsp3) is 0.500. The summed E-state index contributed by atoms with van der Waals surface area (Å²) in [5.41, 5.74) is 1.28. The Hall–Kier alpha value is -1.00. The second-order valence-corrected chi connectivity index (χ2v) is 5.86. The van der Waals surface area contributed by atoms with Gasteiger partial charge in [0.2, 0.25) is 5.91 Å². The lowest BCUT2D eigenvalue weighted by molar-refractivity contribution is -0.126. The van der Waals surface area contributed by atoms with Gasteiger partial charge in [-0.15, -0.1) is 11.8 Å². The Morgan fingerprint density at radius 3 is 3.00 bits per heavy atom. The van der Waals surface area contributed by atoms with E-state index in [2.05, 4.69) is 36.5 Å². The van der Waals surface area contributed by atoms with Gasteiger partial charge in [0.15, 0.2) is 0 Å². The van der Waals surface area contributed by atoms with E-state index in [0.717, 1.165) is 26.1 Å². The van der Waals surface area contributed by atoms with Gasteiger partial charge in [-0.2, -0.15) is 0 Å². The van der Waals surface area contributed by atoms with Gasteiger partial charge in [-0.3, -0.25) is 4.79 Å². The van der Waals surface area contributed by atoms with Crippen LogP contribution in [0.4, 0.5) is 0 Å². The van der Waals surface area contributed by atoms with Gasteiger partial charge < -0.3 is 10.2 Å². The van der Waals surface area contributed by atoms with Crippen LogP contribution in [0, 0.1) is 0 Å². The number of likely N-dealkylation sites (tertiary alicyclic amines) is 1. The number of carbonyl (C=O) groups excluding carboxylic acids is 1. The minimum absolute atomic E-state index is 0.101. The SMILES string of the molecule is CCNCc1cccc(SC2CCN(C)C2=O)c1. The largest absolute Gasteiger partial charge is 0.345 e. The number of nitrogens with one attached hydrogen (secondary N) is 1. The zero-order valence-corrected chi connectivity index (χ0v) is 11.8. The lowest BCUT2D eigenvalue weighted by Gasteiger charge is -2.11. The minimum atomic E-state index is 0.101. The van der Waals surface area contributed by atoms with Crippen molar-refractivity contribution in [2.24, 2.45) is 0 Å². The lowest BCUT2D eigenvalue weighted by Crippen LogP contribution is -2.23. The molecule has 2 rings (SSSR count). The molecule has 1 heterocycles. The van der Waals surface area contributed by atoms with Gasteiger partial charge in [-0.05, 0) is 30.7 Å². The quantitative estimate of drug-likeness (QED) is 0.884. The van der Waals surface area contributed by atoms with Crippen LogP contribution in [-0.4, -0.2) is 36.2 Å². The average Bonchev–Trinajstić information content (AvgIpc) is 2.69. The highest BCUT2D eigenvalue weighted by Crippen LogP contribution is 2.30. The van der Waals surface area contributed by atoms with Gasteiger partial charge in [0, 0.05) is 25.0 Å². The Balaban J connectivity index is 1.99. The molecule has 0 spiro atoms. The predicted octanol–water partition coefficient (Wildman–Crippen LogP) is 2.12. The zero-order chi connectivity index (χ0) is 13.0. The van der Waals surface area contributed by atoms with Gasteiger partial charge in [-0.1, -0.05) is 19.1 Å². The Morgan fingerprint density at radius 2 is 2.33 bits per heavy atom. The van der Waals surface area contributed by atoms with Gasteiger partial charge in [0.1, 0.15) is 0 Å². The second-order valence-electron chi connectivity index (χ2n) is 4.58. The molecule has 1 saturated heterocycles. The fourth-order valence-corrected chi connectivity index (χ4v) is 3.27. The van der Waals surface area contributed by atoms with E-state index in [1.54, 1.807) is 11.8 Å². The van der Waals surface area contributed by atoms with Crippen LogP contribution < -0.4 is 5.32 Å². The van der Waals surface area contributed by atoms with Crippen molar-refractivity contribution >= 4 is 17.7 Å². The van der Waals surface area contributed by atoms with E-state index in [4.69, 9.17) is 0 Å². The van der Waals surface area contributed by atoms with E-state index in [0.29, 0.717) is 0 Å². The van der Waals surface area contributed by atoms with E-state index in [1.807, 2.05) is 11.9 Å². The van der Waals surface area contributed by atoms with Crippen LogP contribution in [0.3, 0.4) is 0 Å². The summed E-state index contributed by atoms with van der Waals surface area (Å²) >= 11 is 1.69. The minimum Gasteiger partial charge on any atom is -0.345 e. The van der Waals surface area contributed by atoms with Gasteiger partial charge in [0.25, 0.3) is 0 Å². The number of thioether (sulfide) groups is 1. The van der Waals surface area contributed by atoms with Crippen molar-refractivity contribution in [2.75, 3.05) is 20.1 Å². The summed E-state index contributed by atoms with van der Waals surface area (Å²) < 4.78 is 0. The third-order valence-electron chi connectivity index (χ3n) is 3.13. The monoisotopic (exact) mass is 264 g/mol. The molecule has 1 fully saturated rings. The molecule has 1 aliphatic heterocycles. The molecule has 1 amide bonds. The number of hydrogen-bond acceptors (Lipinski definition) is 3. The molecule has 0 bridgehead atoms. The number of benzene rings is 1. The molecule has 1 N–H and O–H groups in total. The molecule has 1 atom stereocenters. The van der Waals surface area contributed by atoms with Crippen molar-refractivity contribution in [3.8, 4) is 0 Å². The summed E-state index contributed by atoms with van der Waals surface area (Å²) in [6.07, 6.45) is 0.956.